The van der Waals surface area contributed by atoms with Gasteiger partial charge in [-0.3, -0.25) is 9.69 Å². The summed E-state index contributed by atoms with van der Waals surface area (Å²) in [6.45, 7) is 6.55. The minimum Gasteiger partial charge on any atom is -0.480 e. The lowest BCUT2D eigenvalue weighted by molar-refractivity contribution is -0.138. The van der Waals surface area contributed by atoms with Gasteiger partial charge < -0.3 is 10.0 Å². The minimum atomic E-state index is -0.775. The SMILES string of the molecule is Cc1ccc(CN(CCN(C)C)CC(=O)O)cc1C. The Morgan fingerprint density at radius 3 is 2.37 bits per heavy atom. The van der Waals surface area contributed by atoms with Crippen LogP contribution in [0.3, 0.4) is 0 Å². The zero-order chi connectivity index (χ0) is 14.4. The highest BCUT2D eigenvalue weighted by Gasteiger charge is 2.11. The third-order valence-electron chi connectivity index (χ3n) is 3.20. The zero-order valence-electron chi connectivity index (χ0n) is 12.3. The number of benzene rings is 1. The van der Waals surface area contributed by atoms with E-state index in [0.29, 0.717) is 6.54 Å². The molecule has 1 aromatic rings. The third-order valence-corrected chi connectivity index (χ3v) is 3.20. The predicted octanol–water partition coefficient (Wildman–Crippen LogP) is 1.75. The molecule has 1 aromatic carbocycles. The molecule has 0 aliphatic carbocycles. The number of nitrogens with zero attached hydrogens (tertiary/aromatic N) is 2. The molecule has 0 aliphatic rings. The molecule has 0 radical (unpaired) electrons. The fraction of sp³-hybridized carbons (Fsp3) is 0.533. The topological polar surface area (TPSA) is 43.8 Å². The summed E-state index contributed by atoms with van der Waals surface area (Å²) in [5.74, 6) is -0.775. The van der Waals surface area contributed by atoms with E-state index in [1.165, 1.54) is 16.7 Å². The van der Waals surface area contributed by atoms with Gasteiger partial charge in [0.1, 0.15) is 0 Å². The van der Waals surface area contributed by atoms with E-state index in [4.69, 9.17) is 5.11 Å². The van der Waals surface area contributed by atoms with E-state index in [1.807, 2.05) is 19.0 Å². The van der Waals surface area contributed by atoms with Crippen molar-refractivity contribution < 1.29 is 9.90 Å². The van der Waals surface area contributed by atoms with Crippen molar-refractivity contribution in [3.05, 3.63) is 34.9 Å². The van der Waals surface area contributed by atoms with E-state index < -0.39 is 5.97 Å². The smallest absolute Gasteiger partial charge is 0.317 e. The molecular formula is C15H24N2O2. The van der Waals surface area contributed by atoms with E-state index in [-0.39, 0.29) is 6.54 Å². The van der Waals surface area contributed by atoms with E-state index >= 15 is 0 Å². The van der Waals surface area contributed by atoms with Gasteiger partial charge in [-0.15, -0.1) is 0 Å². The Hall–Kier alpha value is -1.39. The molecule has 0 spiro atoms. The van der Waals surface area contributed by atoms with Crippen molar-refractivity contribution in [2.45, 2.75) is 20.4 Å². The Labute approximate surface area is 115 Å². The number of carboxylic acid groups (broad SMARTS) is 1. The lowest BCUT2D eigenvalue weighted by atomic mass is 10.1. The number of hydrogen-bond acceptors (Lipinski definition) is 3. The molecule has 0 aromatic heterocycles. The number of carboxylic acids is 1. The van der Waals surface area contributed by atoms with Crippen molar-refractivity contribution in [1.29, 1.82) is 0 Å². The average molecular weight is 264 g/mol. The van der Waals surface area contributed by atoms with Crippen LogP contribution in [0.2, 0.25) is 0 Å². The van der Waals surface area contributed by atoms with Crippen LogP contribution in [0.1, 0.15) is 16.7 Å². The Balaban J connectivity index is 2.69. The maximum atomic E-state index is 10.9. The molecule has 19 heavy (non-hydrogen) atoms. The molecule has 1 rings (SSSR count). The molecule has 1 N–H and O–H groups in total. The van der Waals surface area contributed by atoms with Crippen molar-refractivity contribution in [3.63, 3.8) is 0 Å². The molecule has 0 aliphatic heterocycles. The van der Waals surface area contributed by atoms with Crippen molar-refractivity contribution in [1.82, 2.24) is 9.80 Å². The number of rotatable bonds is 7. The number of likely N-dealkylation sites (N-methyl/N-ethyl adjacent to an activating group) is 1. The largest absolute Gasteiger partial charge is 0.480 e. The molecule has 0 heterocycles. The normalized spacial score (nSPS) is 11.3. The van der Waals surface area contributed by atoms with E-state index in [9.17, 15) is 4.79 Å². The highest BCUT2D eigenvalue weighted by atomic mass is 16.4. The Morgan fingerprint density at radius 1 is 1.16 bits per heavy atom. The number of aryl methyl sites for hydroxylation is 2. The second-order valence-corrected chi connectivity index (χ2v) is 5.33. The lowest BCUT2D eigenvalue weighted by Gasteiger charge is -2.22. The summed E-state index contributed by atoms with van der Waals surface area (Å²) < 4.78 is 0. The van der Waals surface area contributed by atoms with E-state index in [1.54, 1.807) is 0 Å². The molecule has 106 valence electrons. The summed E-state index contributed by atoms with van der Waals surface area (Å²) in [4.78, 5) is 14.9. The average Bonchev–Trinajstić information content (AvgIpc) is 2.30. The molecule has 0 saturated carbocycles. The van der Waals surface area contributed by atoms with Crippen molar-refractivity contribution in [2.75, 3.05) is 33.7 Å². The van der Waals surface area contributed by atoms with Crippen LogP contribution < -0.4 is 0 Å². The fourth-order valence-electron chi connectivity index (χ4n) is 1.91. The maximum Gasteiger partial charge on any atom is 0.317 e. The second kappa shape index (κ2) is 7.26. The van der Waals surface area contributed by atoms with Gasteiger partial charge in [-0.25, -0.2) is 0 Å². The quantitative estimate of drug-likeness (QED) is 0.815. The van der Waals surface area contributed by atoms with E-state index in [2.05, 4.69) is 36.9 Å². The van der Waals surface area contributed by atoms with Crippen molar-refractivity contribution in [2.24, 2.45) is 0 Å². The van der Waals surface area contributed by atoms with Gasteiger partial charge in [0.15, 0.2) is 0 Å². The maximum absolute atomic E-state index is 10.9. The van der Waals surface area contributed by atoms with Gasteiger partial charge in [-0.05, 0) is 44.6 Å². The van der Waals surface area contributed by atoms with Crippen LogP contribution in [0, 0.1) is 13.8 Å². The van der Waals surface area contributed by atoms with Crippen LogP contribution in [-0.2, 0) is 11.3 Å². The van der Waals surface area contributed by atoms with Crippen LogP contribution in [0.25, 0.3) is 0 Å². The number of hydrogen-bond donors (Lipinski definition) is 1. The fourth-order valence-corrected chi connectivity index (χ4v) is 1.91. The van der Waals surface area contributed by atoms with Gasteiger partial charge >= 0.3 is 5.97 Å². The van der Waals surface area contributed by atoms with E-state index in [0.717, 1.165) is 13.1 Å². The van der Waals surface area contributed by atoms with Gasteiger partial charge in [0, 0.05) is 19.6 Å². The zero-order valence-corrected chi connectivity index (χ0v) is 12.3. The summed E-state index contributed by atoms with van der Waals surface area (Å²) in [6.07, 6.45) is 0. The molecule has 0 atom stereocenters. The standard InChI is InChI=1S/C15H24N2O2/c1-12-5-6-14(9-13(12)2)10-17(11-15(18)19)8-7-16(3)4/h5-6,9H,7-8,10-11H2,1-4H3,(H,18,19). The first-order valence-electron chi connectivity index (χ1n) is 6.53. The summed E-state index contributed by atoms with van der Waals surface area (Å²) in [7, 11) is 3.99. The Bertz CT molecular complexity index is 430. The van der Waals surface area contributed by atoms with Gasteiger partial charge in [-0.2, -0.15) is 0 Å². The number of aliphatic carboxylic acids is 1. The molecule has 4 nitrogen and oxygen atoms in total. The first-order chi connectivity index (χ1) is 8.88. The molecule has 0 amide bonds. The van der Waals surface area contributed by atoms with Crippen molar-refractivity contribution >= 4 is 5.97 Å². The van der Waals surface area contributed by atoms with Crippen LogP contribution >= 0.6 is 0 Å². The minimum absolute atomic E-state index is 0.0841. The van der Waals surface area contributed by atoms with Gasteiger partial charge in [0.2, 0.25) is 0 Å². The first-order valence-corrected chi connectivity index (χ1v) is 6.53. The first kappa shape index (κ1) is 15.7. The second-order valence-electron chi connectivity index (χ2n) is 5.33. The highest BCUT2D eigenvalue weighted by Crippen LogP contribution is 2.12. The highest BCUT2D eigenvalue weighted by molar-refractivity contribution is 5.69. The number of carbonyl (C=O) groups is 1. The van der Waals surface area contributed by atoms with Crippen LogP contribution in [0.4, 0.5) is 0 Å². The van der Waals surface area contributed by atoms with Crippen LogP contribution in [-0.4, -0.2) is 54.6 Å². The Morgan fingerprint density at radius 2 is 1.84 bits per heavy atom. The molecule has 4 heteroatoms. The third kappa shape index (κ3) is 5.85. The lowest BCUT2D eigenvalue weighted by Crippen LogP contribution is -2.35. The predicted molar refractivity (Wildman–Crippen MR) is 77.4 cm³/mol. The molecule has 0 fully saturated rings. The molecular weight excluding hydrogens is 240 g/mol. The summed E-state index contributed by atoms with van der Waals surface area (Å²) >= 11 is 0. The molecule has 0 unspecified atom stereocenters. The Kier molecular flexibility index (Phi) is 5.99. The van der Waals surface area contributed by atoms with Gasteiger partial charge in [-0.1, -0.05) is 18.2 Å². The van der Waals surface area contributed by atoms with Crippen LogP contribution in [0.15, 0.2) is 18.2 Å². The van der Waals surface area contributed by atoms with Gasteiger partial charge in [0.05, 0.1) is 6.54 Å². The molecule has 0 saturated heterocycles. The van der Waals surface area contributed by atoms with Gasteiger partial charge in [0.25, 0.3) is 0 Å². The monoisotopic (exact) mass is 264 g/mol. The van der Waals surface area contributed by atoms with Crippen molar-refractivity contribution in [3.8, 4) is 0 Å². The van der Waals surface area contributed by atoms with Crippen LogP contribution in [0.5, 0.6) is 0 Å². The summed E-state index contributed by atoms with van der Waals surface area (Å²) in [6, 6.07) is 6.31. The summed E-state index contributed by atoms with van der Waals surface area (Å²) in [5.41, 5.74) is 3.69. The summed E-state index contributed by atoms with van der Waals surface area (Å²) in [5, 5.41) is 8.97. The molecule has 0 bridgehead atoms.